The molecule has 1 aromatic rings. The topological polar surface area (TPSA) is 87.5 Å². The van der Waals surface area contributed by atoms with Gasteiger partial charge in [-0.2, -0.15) is 0 Å². The fourth-order valence-electron chi connectivity index (χ4n) is 1.65. The molecule has 0 aromatic carbocycles. The molecule has 7 heteroatoms. The number of amides is 2. The fraction of sp³-hybridized carbons (Fsp3) is 0.583. The number of nitrogens with zero attached hydrogens (tertiary/aromatic N) is 2. The minimum atomic E-state index is -0.227. The van der Waals surface area contributed by atoms with Crippen molar-refractivity contribution in [1.82, 2.24) is 15.4 Å². The van der Waals surface area contributed by atoms with Crippen LogP contribution in [0.4, 0.5) is 5.82 Å². The third kappa shape index (κ3) is 4.70. The van der Waals surface area contributed by atoms with Crippen molar-refractivity contribution in [1.29, 1.82) is 0 Å². The highest BCUT2D eigenvalue weighted by molar-refractivity contribution is 5.91. The quantitative estimate of drug-likeness (QED) is 0.764. The number of nitrogens with one attached hydrogen (secondary N) is 2. The van der Waals surface area contributed by atoms with Crippen molar-refractivity contribution in [2.45, 2.75) is 25.8 Å². The van der Waals surface area contributed by atoms with E-state index >= 15 is 0 Å². The summed E-state index contributed by atoms with van der Waals surface area (Å²) in [6, 6.07) is 1.98. The lowest BCUT2D eigenvalue weighted by Gasteiger charge is -2.15. The first-order valence-corrected chi connectivity index (χ1v) is 6.24. The molecule has 1 saturated carbocycles. The smallest absolute Gasteiger partial charge is 0.239 e. The van der Waals surface area contributed by atoms with Crippen LogP contribution in [-0.4, -0.2) is 48.0 Å². The van der Waals surface area contributed by atoms with Gasteiger partial charge in [0.2, 0.25) is 11.8 Å². The van der Waals surface area contributed by atoms with E-state index < -0.39 is 0 Å². The van der Waals surface area contributed by atoms with E-state index in [0.717, 1.165) is 12.8 Å². The summed E-state index contributed by atoms with van der Waals surface area (Å²) in [5, 5.41) is 9.14. The maximum atomic E-state index is 11.7. The molecule has 0 spiro atoms. The van der Waals surface area contributed by atoms with Gasteiger partial charge in [-0.15, -0.1) is 0 Å². The summed E-state index contributed by atoms with van der Waals surface area (Å²) in [5.41, 5.74) is 0. The van der Waals surface area contributed by atoms with Crippen LogP contribution in [0.3, 0.4) is 0 Å². The largest absolute Gasteiger partial charge is 0.360 e. The van der Waals surface area contributed by atoms with Crippen LogP contribution in [-0.2, 0) is 9.59 Å². The number of anilines is 1. The molecule has 0 radical (unpaired) electrons. The van der Waals surface area contributed by atoms with Gasteiger partial charge in [0, 0.05) is 12.1 Å². The number of aromatic nitrogens is 1. The van der Waals surface area contributed by atoms with Gasteiger partial charge < -0.3 is 15.2 Å². The average molecular weight is 266 g/mol. The number of carbonyl (C=O) groups excluding carboxylic acids is 2. The molecular weight excluding hydrogens is 248 g/mol. The van der Waals surface area contributed by atoms with Crippen molar-refractivity contribution < 1.29 is 14.1 Å². The van der Waals surface area contributed by atoms with Crippen molar-refractivity contribution in [3.63, 3.8) is 0 Å². The van der Waals surface area contributed by atoms with Gasteiger partial charge in [-0.25, -0.2) is 0 Å². The second-order valence-corrected chi connectivity index (χ2v) is 4.89. The number of carbonyl (C=O) groups is 2. The number of hydrogen-bond donors (Lipinski definition) is 2. The molecule has 2 rings (SSSR count). The highest BCUT2D eigenvalue weighted by Crippen LogP contribution is 2.18. The lowest BCUT2D eigenvalue weighted by atomic mass is 10.4. The summed E-state index contributed by atoms with van der Waals surface area (Å²) < 4.78 is 4.84. The van der Waals surface area contributed by atoms with Crippen molar-refractivity contribution in [3.05, 3.63) is 11.8 Å². The van der Waals surface area contributed by atoms with E-state index in [4.69, 9.17) is 4.52 Å². The molecule has 0 unspecified atom stereocenters. The van der Waals surface area contributed by atoms with Gasteiger partial charge in [-0.3, -0.25) is 14.5 Å². The second kappa shape index (κ2) is 5.83. The van der Waals surface area contributed by atoms with Gasteiger partial charge in [0.15, 0.2) is 5.82 Å². The van der Waals surface area contributed by atoms with E-state index in [9.17, 15) is 9.59 Å². The summed E-state index contributed by atoms with van der Waals surface area (Å²) in [7, 11) is 1.72. The first-order chi connectivity index (χ1) is 9.02. The van der Waals surface area contributed by atoms with Crippen molar-refractivity contribution in [2.24, 2.45) is 0 Å². The molecule has 0 atom stereocenters. The molecular formula is C12H18N4O3. The normalized spacial score (nSPS) is 14.5. The molecule has 1 aliphatic carbocycles. The van der Waals surface area contributed by atoms with Crippen molar-refractivity contribution in [2.75, 3.05) is 25.5 Å². The van der Waals surface area contributed by atoms with E-state index in [1.807, 2.05) is 0 Å². The molecule has 2 N–H and O–H groups in total. The zero-order valence-corrected chi connectivity index (χ0v) is 11.1. The Bertz CT molecular complexity index is 467. The Morgan fingerprint density at radius 3 is 2.68 bits per heavy atom. The van der Waals surface area contributed by atoms with E-state index in [2.05, 4.69) is 15.8 Å². The third-order valence-electron chi connectivity index (χ3n) is 2.66. The predicted molar refractivity (Wildman–Crippen MR) is 68.5 cm³/mol. The molecule has 7 nitrogen and oxygen atoms in total. The van der Waals surface area contributed by atoms with E-state index in [0.29, 0.717) is 17.6 Å². The summed E-state index contributed by atoms with van der Waals surface area (Å²) in [5.74, 6) is 0.746. The first kappa shape index (κ1) is 13.5. The van der Waals surface area contributed by atoms with Gasteiger partial charge in [-0.1, -0.05) is 5.16 Å². The van der Waals surface area contributed by atoms with E-state index in [-0.39, 0.29) is 24.9 Å². The minimum absolute atomic E-state index is 0.0462. The molecule has 1 aromatic heterocycles. The van der Waals surface area contributed by atoms with Crippen molar-refractivity contribution >= 4 is 17.6 Å². The van der Waals surface area contributed by atoms with Gasteiger partial charge in [0.05, 0.1) is 13.1 Å². The number of hydrogen-bond acceptors (Lipinski definition) is 5. The molecule has 19 heavy (non-hydrogen) atoms. The molecule has 0 aliphatic heterocycles. The van der Waals surface area contributed by atoms with Gasteiger partial charge in [0.1, 0.15) is 5.76 Å². The second-order valence-electron chi connectivity index (χ2n) is 4.89. The Hall–Kier alpha value is -1.89. The molecule has 0 bridgehead atoms. The van der Waals surface area contributed by atoms with Crippen LogP contribution in [0.15, 0.2) is 10.6 Å². The third-order valence-corrected chi connectivity index (χ3v) is 2.66. The lowest BCUT2D eigenvalue weighted by molar-refractivity contribution is -0.123. The maximum absolute atomic E-state index is 11.7. The van der Waals surface area contributed by atoms with Crippen LogP contribution in [0.25, 0.3) is 0 Å². The summed E-state index contributed by atoms with van der Waals surface area (Å²) in [4.78, 5) is 24.9. The van der Waals surface area contributed by atoms with Crippen LogP contribution in [0.2, 0.25) is 0 Å². The summed E-state index contributed by atoms with van der Waals surface area (Å²) >= 11 is 0. The fourth-order valence-corrected chi connectivity index (χ4v) is 1.65. The summed E-state index contributed by atoms with van der Waals surface area (Å²) in [6.45, 7) is 2.09. The zero-order chi connectivity index (χ0) is 13.8. The number of likely N-dealkylation sites (N-methyl/N-ethyl adjacent to an activating group) is 1. The van der Waals surface area contributed by atoms with Crippen molar-refractivity contribution in [3.8, 4) is 0 Å². The zero-order valence-electron chi connectivity index (χ0n) is 11.1. The Balaban J connectivity index is 1.70. The Morgan fingerprint density at radius 1 is 1.42 bits per heavy atom. The van der Waals surface area contributed by atoms with Crippen LogP contribution >= 0.6 is 0 Å². The van der Waals surface area contributed by atoms with Gasteiger partial charge in [-0.05, 0) is 26.8 Å². The molecule has 2 amide bonds. The van der Waals surface area contributed by atoms with E-state index in [1.165, 1.54) is 0 Å². The highest BCUT2D eigenvalue weighted by atomic mass is 16.5. The molecule has 1 fully saturated rings. The minimum Gasteiger partial charge on any atom is -0.360 e. The monoisotopic (exact) mass is 266 g/mol. The average Bonchev–Trinajstić information content (AvgIpc) is 3.00. The van der Waals surface area contributed by atoms with Crippen LogP contribution in [0.5, 0.6) is 0 Å². The Kier molecular flexibility index (Phi) is 4.16. The first-order valence-electron chi connectivity index (χ1n) is 6.24. The number of aryl methyl sites for hydroxylation is 1. The van der Waals surface area contributed by atoms with Gasteiger partial charge in [0.25, 0.3) is 0 Å². The summed E-state index contributed by atoms with van der Waals surface area (Å²) in [6.07, 6.45) is 2.11. The Morgan fingerprint density at radius 2 is 2.11 bits per heavy atom. The maximum Gasteiger partial charge on any atom is 0.239 e. The number of rotatable bonds is 6. The molecule has 0 saturated heterocycles. The van der Waals surface area contributed by atoms with Crippen LogP contribution in [0, 0.1) is 6.92 Å². The van der Waals surface area contributed by atoms with E-state index in [1.54, 1.807) is 24.9 Å². The predicted octanol–water partition coefficient (Wildman–Crippen LogP) is 0.132. The standard InChI is InChI=1S/C12H18N4O3/c1-8-5-10(15-19-8)14-12(18)7-16(2)6-11(17)13-9-3-4-9/h5,9H,3-4,6-7H2,1-2H3,(H,13,17)(H,14,15,18). The Labute approximate surface area is 111 Å². The van der Waals surface area contributed by atoms with Crippen LogP contribution < -0.4 is 10.6 Å². The molecule has 1 aliphatic rings. The highest BCUT2D eigenvalue weighted by Gasteiger charge is 2.23. The van der Waals surface area contributed by atoms with Gasteiger partial charge >= 0.3 is 0 Å². The molecule has 1 heterocycles. The SMILES string of the molecule is Cc1cc(NC(=O)CN(C)CC(=O)NC2CC2)no1. The molecule has 104 valence electrons. The van der Waals surface area contributed by atoms with Crippen LogP contribution in [0.1, 0.15) is 18.6 Å². The lowest BCUT2D eigenvalue weighted by Crippen LogP contribution is -2.39.